The Hall–Kier alpha value is -1.48. The molecule has 3 rings (SSSR count). The molecule has 2 aromatic rings. The molecular weight excluding hydrogens is 355 g/mol. The number of hydrogen-bond acceptors (Lipinski definition) is 7. The van der Waals surface area contributed by atoms with E-state index in [2.05, 4.69) is 23.8 Å². The van der Waals surface area contributed by atoms with E-state index in [0.29, 0.717) is 37.1 Å². The minimum absolute atomic E-state index is 0.387. The minimum atomic E-state index is -0.441. The van der Waals surface area contributed by atoms with Crippen molar-refractivity contribution in [1.82, 2.24) is 4.98 Å². The van der Waals surface area contributed by atoms with Gasteiger partial charge in [-0.2, -0.15) is 8.73 Å². The second kappa shape index (κ2) is 5.72. The van der Waals surface area contributed by atoms with Gasteiger partial charge in [0.2, 0.25) is 0 Å². The summed E-state index contributed by atoms with van der Waals surface area (Å²) in [6, 6.07) is 1.59. The maximum absolute atomic E-state index is 11.4. The fourth-order valence-electron chi connectivity index (χ4n) is 1.63. The zero-order chi connectivity index (χ0) is 15.0. The van der Waals surface area contributed by atoms with Gasteiger partial charge in [0.25, 0.3) is 0 Å². The van der Waals surface area contributed by atoms with Gasteiger partial charge in [-0.05, 0) is 6.07 Å². The molecule has 0 amide bonds. The molecule has 0 saturated carbocycles. The van der Waals surface area contributed by atoms with E-state index in [1.807, 2.05) is 0 Å². The Labute approximate surface area is 136 Å². The second-order valence-electron chi connectivity index (χ2n) is 3.82. The topological polar surface area (TPSA) is 75.9 Å². The fraction of sp³-hybridized carbons (Fsp3) is 0.0909. The van der Waals surface area contributed by atoms with Crippen LogP contribution in [0.1, 0.15) is 9.67 Å². The molecule has 1 N–H and O–H groups in total. The molecule has 0 bridgehead atoms. The van der Waals surface area contributed by atoms with Crippen LogP contribution in [0.2, 0.25) is 10.0 Å². The van der Waals surface area contributed by atoms with Crippen molar-refractivity contribution in [2.75, 3.05) is 12.4 Å². The molecule has 0 radical (unpaired) electrons. The number of benzene rings is 1. The number of rotatable bonds is 3. The Morgan fingerprint density at radius 3 is 2.81 bits per heavy atom. The number of esters is 1. The smallest absolute Gasteiger partial charge is 0.349 e. The van der Waals surface area contributed by atoms with Crippen molar-refractivity contribution in [1.29, 1.82) is 0 Å². The monoisotopic (exact) mass is 360 g/mol. The number of nitrogens with zero attached hydrogens (tertiary/aromatic N) is 3. The lowest BCUT2D eigenvalue weighted by atomic mass is 10.2. The van der Waals surface area contributed by atoms with E-state index in [-0.39, 0.29) is 0 Å². The van der Waals surface area contributed by atoms with Crippen LogP contribution < -0.4 is 5.32 Å². The molecule has 108 valence electrons. The van der Waals surface area contributed by atoms with Gasteiger partial charge in [0.15, 0.2) is 5.13 Å². The molecule has 10 heteroatoms. The zero-order valence-corrected chi connectivity index (χ0v) is 13.5. The lowest BCUT2D eigenvalue weighted by molar-refractivity contribution is 0.0606. The number of ether oxygens (including phenoxy) is 1. The van der Waals surface area contributed by atoms with E-state index in [1.54, 1.807) is 6.07 Å². The Morgan fingerprint density at radius 2 is 2.05 bits per heavy atom. The van der Waals surface area contributed by atoms with E-state index in [0.717, 1.165) is 22.7 Å². The van der Waals surface area contributed by atoms with Gasteiger partial charge in [-0.3, -0.25) is 0 Å². The second-order valence-corrected chi connectivity index (χ2v) is 6.20. The van der Waals surface area contributed by atoms with Crippen molar-refractivity contribution in [3.63, 3.8) is 0 Å². The van der Waals surface area contributed by atoms with Crippen molar-refractivity contribution in [2.24, 2.45) is 8.73 Å². The summed E-state index contributed by atoms with van der Waals surface area (Å²) in [5, 5.41) is 4.37. The molecular formula is C11H6Cl2N4O2S2. The Bertz CT molecular complexity index is 815. The van der Waals surface area contributed by atoms with Gasteiger partial charge in [-0.15, -0.1) is 0 Å². The summed E-state index contributed by atoms with van der Waals surface area (Å²) in [4.78, 5) is 15.9. The average Bonchev–Trinajstić information content (AvgIpc) is 3.11. The van der Waals surface area contributed by atoms with Crippen molar-refractivity contribution < 1.29 is 9.53 Å². The predicted molar refractivity (Wildman–Crippen MR) is 84.7 cm³/mol. The number of aromatic nitrogens is 1. The van der Waals surface area contributed by atoms with Crippen molar-refractivity contribution in [2.45, 2.75) is 0 Å². The SMILES string of the molecule is COC(=O)c1cnc(Nc2c(Cl)cc(Cl)c3c2N=S=N3)s1. The van der Waals surface area contributed by atoms with E-state index < -0.39 is 5.97 Å². The number of fused-ring (bicyclic) bond motifs is 1. The number of carbonyl (C=O) groups excluding carboxylic acids is 1. The summed E-state index contributed by atoms with van der Waals surface area (Å²) in [5.74, 6) is -0.441. The average molecular weight is 361 g/mol. The normalized spacial score (nSPS) is 12.0. The first-order valence-electron chi connectivity index (χ1n) is 5.51. The Morgan fingerprint density at radius 1 is 1.29 bits per heavy atom. The lowest BCUT2D eigenvalue weighted by Crippen LogP contribution is -1.96. The lowest BCUT2D eigenvalue weighted by Gasteiger charge is -2.09. The highest BCUT2D eigenvalue weighted by Gasteiger charge is 2.20. The van der Waals surface area contributed by atoms with Gasteiger partial charge in [-0.1, -0.05) is 34.5 Å². The maximum atomic E-state index is 11.4. The van der Waals surface area contributed by atoms with Crippen LogP contribution in [-0.2, 0) is 16.1 Å². The van der Waals surface area contributed by atoms with Crippen LogP contribution in [0.25, 0.3) is 0 Å². The molecule has 1 aliphatic rings. The fourth-order valence-corrected chi connectivity index (χ4v) is 3.53. The summed E-state index contributed by atoms with van der Waals surface area (Å²) in [6.07, 6.45) is 1.43. The van der Waals surface area contributed by atoms with Crippen LogP contribution in [0.15, 0.2) is 21.0 Å². The molecule has 6 nitrogen and oxygen atoms in total. The van der Waals surface area contributed by atoms with Crippen LogP contribution >= 0.6 is 34.5 Å². The van der Waals surface area contributed by atoms with Crippen LogP contribution in [-0.4, -0.2) is 18.1 Å². The van der Waals surface area contributed by atoms with E-state index >= 15 is 0 Å². The summed E-state index contributed by atoms with van der Waals surface area (Å²) in [7, 11) is 1.32. The first kappa shape index (κ1) is 14.5. The van der Waals surface area contributed by atoms with E-state index in [4.69, 9.17) is 23.2 Å². The highest BCUT2D eigenvalue weighted by atomic mass is 35.5. The summed E-state index contributed by atoms with van der Waals surface area (Å²) >= 11 is 14.4. The molecule has 0 saturated heterocycles. The van der Waals surface area contributed by atoms with Gasteiger partial charge in [0, 0.05) is 0 Å². The van der Waals surface area contributed by atoms with E-state index in [9.17, 15) is 4.79 Å². The number of anilines is 2. The molecule has 21 heavy (non-hydrogen) atoms. The summed E-state index contributed by atoms with van der Waals surface area (Å²) in [6.45, 7) is 0. The van der Waals surface area contributed by atoms with Crippen molar-refractivity contribution >= 4 is 74.1 Å². The van der Waals surface area contributed by atoms with E-state index in [1.165, 1.54) is 13.3 Å². The molecule has 1 aromatic carbocycles. The van der Waals surface area contributed by atoms with Gasteiger partial charge in [0.05, 0.1) is 40.4 Å². The zero-order valence-electron chi connectivity index (χ0n) is 10.4. The number of carbonyl (C=O) groups is 1. The number of methoxy groups -OCH3 is 1. The minimum Gasteiger partial charge on any atom is -0.465 e. The van der Waals surface area contributed by atoms with Gasteiger partial charge in [-0.25, -0.2) is 9.78 Å². The molecule has 2 heterocycles. The first-order chi connectivity index (χ1) is 10.1. The molecule has 0 fully saturated rings. The number of hydrogen-bond donors (Lipinski definition) is 1. The van der Waals surface area contributed by atoms with Crippen molar-refractivity contribution in [3.05, 3.63) is 27.2 Å². The van der Waals surface area contributed by atoms with Gasteiger partial charge in [0.1, 0.15) is 16.3 Å². The molecule has 0 aliphatic carbocycles. The quantitative estimate of drug-likeness (QED) is 0.686. The third-order valence-electron chi connectivity index (χ3n) is 2.57. The van der Waals surface area contributed by atoms with Crippen LogP contribution in [0.3, 0.4) is 0 Å². The largest absolute Gasteiger partial charge is 0.465 e. The van der Waals surface area contributed by atoms with Gasteiger partial charge < -0.3 is 10.1 Å². The standard InChI is InChI=1S/C11H6Cl2N4O2S2/c1-19-10(18)6-3-14-11(20-6)15-7-4(12)2-5(13)8-9(7)17-21-16-8/h2-3H,1H3,(H,14,15). The molecule has 0 unspecified atom stereocenters. The predicted octanol–water partition coefficient (Wildman–Crippen LogP) is 4.71. The van der Waals surface area contributed by atoms with Gasteiger partial charge >= 0.3 is 5.97 Å². The molecule has 1 aromatic heterocycles. The molecule has 1 aliphatic heterocycles. The highest BCUT2D eigenvalue weighted by molar-refractivity contribution is 7.58. The number of nitrogens with one attached hydrogen (secondary N) is 1. The number of halogens is 2. The number of thiazole rings is 1. The summed E-state index contributed by atoms with van der Waals surface area (Å²) < 4.78 is 12.9. The third-order valence-corrected chi connectivity index (χ3v) is 4.58. The first-order valence-corrected chi connectivity index (χ1v) is 7.82. The van der Waals surface area contributed by atoms with Crippen LogP contribution in [0, 0.1) is 0 Å². The highest BCUT2D eigenvalue weighted by Crippen LogP contribution is 2.48. The maximum Gasteiger partial charge on any atom is 0.349 e. The Balaban J connectivity index is 1.96. The summed E-state index contributed by atoms with van der Waals surface area (Å²) in [5.41, 5.74) is 1.68. The third kappa shape index (κ3) is 2.67. The van der Waals surface area contributed by atoms with Crippen LogP contribution in [0.5, 0.6) is 0 Å². The molecule has 0 atom stereocenters. The van der Waals surface area contributed by atoms with Crippen molar-refractivity contribution in [3.8, 4) is 0 Å². The molecule has 0 spiro atoms. The Kier molecular flexibility index (Phi) is 3.94. The van der Waals surface area contributed by atoms with Crippen LogP contribution in [0.4, 0.5) is 22.2 Å².